The molecule has 7 heteroatoms. The Bertz CT molecular complexity index is 4620. The molecule has 0 aromatic heterocycles. The van der Waals surface area contributed by atoms with Gasteiger partial charge in [0.15, 0.2) is 0 Å². The third kappa shape index (κ3) is 36.2. The minimum Gasteiger partial charge on any atom is -0.405 e. The van der Waals surface area contributed by atoms with E-state index in [1.54, 1.807) is 0 Å². The van der Waals surface area contributed by atoms with Crippen molar-refractivity contribution in [2.45, 2.75) is 455 Å². The van der Waals surface area contributed by atoms with Crippen LogP contribution in [0.15, 0.2) is 223 Å². The predicted molar refractivity (Wildman–Crippen MR) is 607 cm³/mol. The van der Waals surface area contributed by atoms with Crippen LogP contribution in [0, 0.1) is 6.92 Å². The first kappa shape index (κ1) is 113. The maximum atomic E-state index is 5.96. The fourth-order valence-electron chi connectivity index (χ4n) is 19.9. The van der Waals surface area contributed by atoms with E-state index >= 15 is 0 Å². The Morgan fingerprint density at radius 3 is 0.693 bits per heavy atom. The zero-order valence-corrected chi connectivity index (χ0v) is 90.2. The van der Waals surface area contributed by atoms with Gasteiger partial charge in [-0.25, -0.2) is 0 Å². The molecule has 0 bridgehead atoms. The third-order valence-corrected chi connectivity index (χ3v) is 31.0. The van der Waals surface area contributed by atoms with E-state index in [0.717, 1.165) is 17.3 Å². The van der Waals surface area contributed by atoms with Crippen molar-refractivity contribution in [2.75, 3.05) is 0 Å². The molecule has 2 aliphatic rings. The first-order valence-electron chi connectivity index (χ1n) is 55.4. The number of aryl methyl sites for hydroxylation is 5. The zero-order chi connectivity index (χ0) is 97.0. The number of unbranched alkanes of at least 4 members (excludes halogenated alkanes) is 34. The second-order valence-corrected chi connectivity index (χ2v) is 43.8. The van der Waals surface area contributed by atoms with Crippen molar-refractivity contribution in [3.8, 4) is 89.0 Å². The maximum Gasteiger partial charge on any atom is 0.488 e. The minimum absolute atomic E-state index is 0. The van der Waals surface area contributed by atoms with Gasteiger partial charge in [-0.05, 0) is 285 Å². The first-order chi connectivity index (χ1) is 65.9. The van der Waals surface area contributed by atoms with Crippen LogP contribution in [-0.4, -0.2) is 36.4 Å². The van der Waals surface area contributed by atoms with E-state index in [1.165, 1.54) is 410 Å². The molecule has 0 saturated carbocycles. The standard InChI is InChI=1S/C59H80.C58H77Br.C12H24B2O4.CH4/c1-6-9-12-14-16-18-19-21-23-25-28-56-45-59(55-43-39-53(40-44-55)51-35-31-49(32-36-51)27-11-8-3)57(48(5)26-24-22-20-17-15-13-10-7-2)46-58(56)54-41-37-52(38-42-54)50-33-29-47(4)30-34-50;1-5-8-11-13-15-17-18-20-22-24-27-54-44-58(53-38-34-49(35-39-53)48-30-28-47(29-31-48)26-10-7-3)56(46(4)25-23-21-19-16-14-12-9-6-2)45-57(54)52-36-32-50(33-37-52)51-40-42-55(59)43-41-51;1-9(2)10(3,4)16-13(15-9)14-17-11(5,6)12(7,8)18-14;/h29-46,48H,6-28H2,1-5H3;28-46H,5-27H2,1-4H3;1-8H3;1H4. The van der Waals surface area contributed by atoms with Gasteiger partial charge in [0, 0.05) is 4.47 Å². The van der Waals surface area contributed by atoms with Crippen LogP contribution in [0.5, 0.6) is 0 Å². The summed E-state index contributed by atoms with van der Waals surface area (Å²) in [6, 6.07) is 84.7. The summed E-state index contributed by atoms with van der Waals surface area (Å²) in [7, 11) is -0.952. The summed E-state index contributed by atoms with van der Waals surface area (Å²) in [4.78, 5) is 0. The summed E-state index contributed by atoms with van der Waals surface area (Å²) in [5.41, 5.74) is 30.3. The minimum atomic E-state index is -0.476. The molecule has 2 saturated heterocycles. The highest BCUT2D eigenvalue weighted by atomic mass is 79.9. The van der Waals surface area contributed by atoms with Crippen LogP contribution in [0.1, 0.15) is 439 Å². The lowest BCUT2D eigenvalue weighted by Crippen LogP contribution is -2.41. The largest absolute Gasteiger partial charge is 0.488 e. The zero-order valence-electron chi connectivity index (χ0n) is 88.6. The molecule has 2 aliphatic heterocycles. The number of hydrogen-bond donors (Lipinski definition) is 0. The van der Waals surface area contributed by atoms with Crippen molar-refractivity contribution in [1.82, 2.24) is 0 Å². The van der Waals surface area contributed by atoms with Gasteiger partial charge in [0.05, 0.1) is 22.4 Å². The van der Waals surface area contributed by atoms with Crippen molar-refractivity contribution < 1.29 is 18.6 Å². The Hall–Kier alpha value is -7.35. The van der Waals surface area contributed by atoms with Crippen LogP contribution < -0.4 is 0 Å². The predicted octanol–water partition coefficient (Wildman–Crippen LogP) is 41.5. The molecule has 0 spiro atoms. The van der Waals surface area contributed by atoms with Crippen molar-refractivity contribution in [3.05, 3.63) is 262 Å². The van der Waals surface area contributed by atoms with Gasteiger partial charge in [-0.1, -0.05) is 510 Å². The van der Waals surface area contributed by atoms with E-state index in [9.17, 15) is 0 Å². The highest BCUT2D eigenvalue weighted by molar-refractivity contribution is 9.10. The molecule has 137 heavy (non-hydrogen) atoms. The molecule has 0 amide bonds. The third-order valence-electron chi connectivity index (χ3n) is 30.5. The van der Waals surface area contributed by atoms with Gasteiger partial charge in [0.25, 0.3) is 0 Å². The molecule has 0 aliphatic carbocycles. The normalized spacial score (nSPS) is 14.5. The topological polar surface area (TPSA) is 36.9 Å². The van der Waals surface area contributed by atoms with Crippen molar-refractivity contribution in [3.63, 3.8) is 0 Å². The highest BCUT2D eigenvalue weighted by Crippen LogP contribution is 2.46. The Kier molecular flexibility index (Phi) is 49.7. The fourth-order valence-corrected chi connectivity index (χ4v) is 20.2. The molecule has 2 unspecified atom stereocenters. The number of hydrogen-bond acceptors (Lipinski definition) is 4. The van der Waals surface area contributed by atoms with E-state index in [0.29, 0.717) is 11.8 Å². The van der Waals surface area contributed by atoms with Gasteiger partial charge in [0.2, 0.25) is 0 Å². The Morgan fingerprint density at radius 2 is 0.438 bits per heavy atom. The van der Waals surface area contributed by atoms with Crippen LogP contribution >= 0.6 is 15.9 Å². The Morgan fingerprint density at radius 1 is 0.234 bits per heavy atom. The molecule has 2 heterocycles. The van der Waals surface area contributed by atoms with Gasteiger partial charge in [-0.3, -0.25) is 0 Å². The fraction of sp³-hybridized carbons (Fsp3) is 0.538. The molecule has 2 fully saturated rings. The molecule has 10 aromatic carbocycles. The van der Waals surface area contributed by atoms with E-state index in [4.69, 9.17) is 18.6 Å². The highest BCUT2D eigenvalue weighted by Gasteiger charge is 2.64. The quantitative estimate of drug-likeness (QED) is 0.0281. The van der Waals surface area contributed by atoms with Crippen LogP contribution in [0.2, 0.25) is 0 Å². The van der Waals surface area contributed by atoms with Crippen LogP contribution in [0.4, 0.5) is 0 Å². The summed E-state index contributed by atoms with van der Waals surface area (Å²) >= 11 is 3.62. The van der Waals surface area contributed by atoms with Gasteiger partial charge >= 0.3 is 14.0 Å². The second kappa shape index (κ2) is 60.2. The van der Waals surface area contributed by atoms with Gasteiger partial charge in [-0.15, -0.1) is 0 Å². The smallest absolute Gasteiger partial charge is 0.405 e. The number of halogens is 1. The summed E-state index contributed by atoms with van der Waals surface area (Å²) in [5, 5.41) is 0. The van der Waals surface area contributed by atoms with E-state index in [-0.39, 0.29) is 29.8 Å². The molecule has 2 atom stereocenters. The summed E-state index contributed by atoms with van der Waals surface area (Å²) in [5.74, 6) is 0.991. The van der Waals surface area contributed by atoms with Gasteiger partial charge in [0.1, 0.15) is 0 Å². The van der Waals surface area contributed by atoms with Crippen molar-refractivity contribution in [2.24, 2.45) is 0 Å². The first-order valence-corrected chi connectivity index (χ1v) is 56.2. The van der Waals surface area contributed by atoms with Crippen LogP contribution in [0.3, 0.4) is 0 Å². The molecular formula is C130H185B2BrO4. The van der Waals surface area contributed by atoms with Crippen LogP contribution in [0.25, 0.3) is 89.0 Å². The Labute approximate surface area is 848 Å². The maximum absolute atomic E-state index is 5.96. The average molecular weight is 1910 g/mol. The van der Waals surface area contributed by atoms with Crippen LogP contribution in [-0.2, 0) is 44.3 Å². The Balaban J connectivity index is 0.000000257. The molecule has 4 nitrogen and oxygen atoms in total. The lowest BCUT2D eigenvalue weighted by Gasteiger charge is -2.32. The number of benzene rings is 10. The molecule has 0 N–H and O–H groups in total. The monoisotopic (exact) mass is 1910 g/mol. The van der Waals surface area contributed by atoms with Gasteiger partial charge < -0.3 is 18.6 Å². The summed E-state index contributed by atoms with van der Waals surface area (Å²) in [6.45, 7) is 37.2. The second-order valence-electron chi connectivity index (χ2n) is 42.9. The van der Waals surface area contributed by atoms with Crippen molar-refractivity contribution in [1.29, 1.82) is 0 Å². The van der Waals surface area contributed by atoms with Crippen molar-refractivity contribution >= 4 is 29.9 Å². The SMILES string of the molecule is C.CC1(C)OB(B2OC(C)(C)C(C)(C)O2)OC1(C)C.CCCCCCCCCCCCc1cc(-c2ccc(-c3ccc(CCCC)cc3)cc2)c(C(C)CCCCCCCCCC)cc1-c1ccc(-c2ccc(Br)cc2)cc1.CCCCCCCCCCCCc1cc(-c2ccc(-c3ccc(CCCC)cc3)cc2)c(C(C)CCCCCCCCCC)cc1-c1ccc(-c2ccc(C)cc2)cc1. The molecule has 12 rings (SSSR count). The average Bonchev–Trinajstić information content (AvgIpc) is 1.58. The lowest BCUT2D eigenvalue weighted by atomic mass is 9.49. The summed E-state index contributed by atoms with van der Waals surface area (Å²) < 4.78 is 25.0. The number of rotatable bonds is 57. The van der Waals surface area contributed by atoms with Gasteiger partial charge in [-0.2, -0.15) is 0 Å². The van der Waals surface area contributed by atoms with E-state index < -0.39 is 14.0 Å². The van der Waals surface area contributed by atoms with E-state index in [2.05, 4.69) is 297 Å². The summed E-state index contributed by atoms with van der Waals surface area (Å²) in [6.07, 6.45) is 61.3. The lowest BCUT2D eigenvalue weighted by molar-refractivity contribution is 0.00578. The van der Waals surface area contributed by atoms with E-state index in [1.807, 2.05) is 55.4 Å². The molecular weight excluding hydrogens is 1730 g/mol. The molecule has 742 valence electrons. The molecule has 10 aromatic rings. The molecule has 0 radical (unpaired) electrons.